The second-order valence-corrected chi connectivity index (χ2v) is 10.3. The average molecular weight is 500 g/mol. The summed E-state index contributed by atoms with van der Waals surface area (Å²) in [5, 5.41) is 22.4. The lowest BCUT2D eigenvalue weighted by molar-refractivity contribution is -0.143. The fourth-order valence-electron chi connectivity index (χ4n) is 4.41. The summed E-state index contributed by atoms with van der Waals surface area (Å²) in [4.78, 5) is 28.8. The molecule has 1 fully saturated rings. The lowest BCUT2D eigenvalue weighted by Crippen LogP contribution is -2.34. The minimum atomic E-state index is -1.24. The number of aryl methyl sites for hydroxylation is 2. The number of aliphatic carboxylic acids is 1. The van der Waals surface area contributed by atoms with Crippen LogP contribution in [0.25, 0.3) is 0 Å². The van der Waals surface area contributed by atoms with Gasteiger partial charge in [-0.25, -0.2) is 4.98 Å². The van der Waals surface area contributed by atoms with E-state index in [1.807, 2.05) is 6.07 Å². The van der Waals surface area contributed by atoms with Gasteiger partial charge in [0.05, 0.1) is 5.92 Å². The monoisotopic (exact) mass is 499 g/mol. The van der Waals surface area contributed by atoms with E-state index in [1.54, 1.807) is 18.4 Å². The van der Waals surface area contributed by atoms with Gasteiger partial charge in [0, 0.05) is 13.1 Å². The summed E-state index contributed by atoms with van der Waals surface area (Å²) in [6.45, 7) is 8.16. The van der Waals surface area contributed by atoms with Crippen LogP contribution in [0.2, 0.25) is 5.28 Å². The minimum absolute atomic E-state index is 0.169. The zero-order valence-corrected chi connectivity index (χ0v) is 21.6. The molecule has 0 aliphatic heterocycles. The topological polar surface area (TPSA) is 104 Å². The van der Waals surface area contributed by atoms with Gasteiger partial charge >= 0.3 is 5.97 Å². The molecule has 8 heteroatoms. The van der Waals surface area contributed by atoms with Crippen LogP contribution in [0.1, 0.15) is 72.4 Å². The van der Waals surface area contributed by atoms with Crippen molar-refractivity contribution in [3.8, 4) is 11.8 Å². The lowest BCUT2D eigenvalue weighted by Gasteiger charge is -2.26. The molecule has 0 spiro atoms. The number of nitrogens with one attached hydrogen (secondary N) is 1. The summed E-state index contributed by atoms with van der Waals surface area (Å²) in [5.41, 5.74) is 2.83. The number of carbonyl (C=O) groups excluding carboxylic acids is 1. The van der Waals surface area contributed by atoms with Gasteiger partial charge in [0.25, 0.3) is 5.91 Å². The highest BCUT2D eigenvalue weighted by Crippen LogP contribution is 2.28. The molecule has 1 heterocycles. The van der Waals surface area contributed by atoms with Crippen molar-refractivity contribution in [1.29, 1.82) is 0 Å². The van der Waals surface area contributed by atoms with Gasteiger partial charge in [-0.2, -0.15) is 0 Å². The Hall–Kier alpha value is -2.82. The van der Waals surface area contributed by atoms with E-state index >= 15 is 0 Å². The molecule has 188 valence electrons. The highest BCUT2D eigenvalue weighted by Gasteiger charge is 2.27. The van der Waals surface area contributed by atoms with E-state index in [0.29, 0.717) is 32.4 Å². The number of imidazole rings is 1. The highest BCUT2D eigenvalue weighted by molar-refractivity contribution is 6.29. The van der Waals surface area contributed by atoms with E-state index in [2.05, 4.69) is 48.1 Å². The van der Waals surface area contributed by atoms with Crippen LogP contribution in [0.4, 0.5) is 0 Å². The Morgan fingerprint density at radius 1 is 1.23 bits per heavy atom. The van der Waals surface area contributed by atoms with Crippen molar-refractivity contribution >= 4 is 23.5 Å². The largest absolute Gasteiger partial charge is 0.481 e. The first-order valence-corrected chi connectivity index (χ1v) is 12.4. The summed E-state index contributed by atoms with van der Waals surface area (Å²) in [6.07, 6.45) is 3.43. The van der Waals surface area contributed by atoms with Crippen LogP contribution < -0.4 is 5.32 Å². The van der Waals surface area contributed by atoms with Gasteiger partial charge in [0.15, 0.2) is 0 Å². The van der Waals surface area contributed by atoms with Crippen LogP contribution in [0.5, 0.6) is 0 Å². The van der Waals surface area contributed by atoms with Crippen molar-refractivity contribution in [2.24, 2.45) is 11.8 Å². The maximum atomic E-state index is 13.3. The molecule has 35 heavy (non-hydrogen) atoms. The first kappa shape index (κ1) is 26.8. The van der Waals surface area contributed by atoms with E-state index in [-0.39, 0.29) is 34.4 Å². The zero-order valence-electron chi connectivity index (χ0n) is 20.8. The number of nitrogens with zero attached hydrogens (tertiary/aromatic N) is 2. The summed E-state index contributed by atoms with van der Waals surface area (Å²) >= 11 is 6.46. The number of carbonyl (C=O) groups is 2. The van der Waals surface area contributed by atoms with Crippen LogP contribution >= 0.6 is 11.6 Å². The molecule has 1 aliphatic rings. The molecule has 1 aromatic carbocycles. The Kier molecular flexibility index (Phi) is 8.63. The molecule has 0 bridgehead atoms. The molecule has 1 aromatic heterocycles. The molecule has 0 radical (unpaired) electrons. The number of aliphatic hydroxyl groups is 1. The fraction of sp³-hybridized carbons (Fsp3) is 0.519. The molecule has 3 N–H and O–H groups in total. The summed E-state index contributed by atoms with van der Waals surface area (Å²) < 4.78 is 1.67. The fourth-order valence-corrected chi connectivity index (χ4v) is 4.66. The molecule has 3 rings (SSSR count). The number of carboxylic acid groups (broad SMARTS) is 1. The number of amides is 1. The predicted octanol–water partition coefficient (Wildman–Crippen LogP) is 4.14. The van der Waals surface area contributed by atoms with Crippen LogP contribution in [0.3, 0.4) is 0 Å². The Bertz CT molecular complexity index is 1150. The molecular weight excluding hydrogens is 466 g/mol. The zero-order chi connectivity index (χ0) is 25.8. The predicted molar refractivity (Wildman–Crippen MR) is 135 cm³/mol. The third-order valence-corrected chi connectivity index (χ3v) is 6.98. The minimum Gasteiger partial charge on any atom is -0.481 e. The quantitative estimate of drug-likeness (QED) is 0.497. The van der Waals surface area contributed by atoms with E-state index < -0.39 is 11.6 Å². The van der Waals surface area contributed by atoms with Crippen molar-refractivity contribution < 1.29 is 19.8 Å². The van der Waals surface area contributed by atoms with E-state index in [4.69, 9.17) is 11.6 Å². The first-order chi connectivity index (χ1) is 16.5. The van der Waals surface area contributed by atoms with Gasteiger partial charge in [-0.3, -0.25) is 9.59 Å². The van der Waals surface area contributed by atoms with Gasteiger partial charge in [-0.1, -0.05) is 24.1 Å². The van der Waals surface area contributed by atoms with Crippen molar-refractivity contribution in [1.82, 2.24) is 14.9 Å². The van der Waals surface area contributed by atoms with Crippen LogP contribution in [0, 0.1) is 37.5 Å². The van der Waals surface area contributed by atoms with Crippen molar-refractivity contribution in [3.05, 3.63) is 51.6 Å². The Balaban J connectivity index is 1.81. The third kappa shape index (κ3) is 7.09. The third-order valence-electron chi connectivity index (χ3n) is 6.69. The smallest absolute Gasteiger partial charge is 0.306 e. The number of halogens is 1. The molecule has 1 saturated carbocycles. The Morgan fingerprint density at radius 2 is 1.91 bits per heavy atom. The molecular formula is C27H34ClN3O4. The van der Waals surface area contributed by atoms with Crippen molar-refractivity contribution in [2.75, 3.05) is 6.54 Å². The molecule has 1 amide bonds. The van der Waals surface area contributed by atoms with E-state index in [0.717, 1.165) is 12.8 Å². The number of hydrogen-bond donors (Lipinski definition) is 3. The normalized spacial score (nSPS) is 18.0. The van der Waals surface area contributed by atoms with Crippen molar-refractivity contribution in [3.63, 3.8) is 0 Å². The van der Waals surface area contributed by atoms with Crippen LogP contribution in [-0.2, 0) is 17.8 Å². The van der Waals surface area contributed by atoms with Gasteiger partial charge < -0.3 is 20.1 Å². The maximum Gasteiger partial charge on any atom is 0.306 e. The lowest BCUT2D eigenvalue weighted by atomic mass is 9.82. The number of hydrogen-bond acceptors (Lipinski definition) is 4. The van der Waals surface area contributed by atoms with E-state index in [1.165, 1.54) is 16.7 Å². The number of aromatic nitrogens is 2. The number of rotatable bonds is 7. The molecule has 1 aliphatic carbocycles. The maximum absolute atomic E-state index is 13.3. The second-order valence-electron chi connectivity index (χ2n) is 9.91. The number of carboxylic acids is 1. The first-order valence-electron chi connectivity index (χ1n) is 12.0. The average Bonchev–Trinajstić information content (AvgIpc) is 3.12. The van der Waals surface area contributed by atoms with Gasteiger partial charge in [0.1, 0.15) is 17.0 Å². The highest BCUT2D eigenvalue weighted by atomic mass is 35.5. The standard InChI is InChI=1S/C27H34ClN3O4/c1-17-6-5-7-20(18(17)2)13-15-31-23(22(30-26(31)28)12-14-27(3,4)35)24(32)29-16-19-8-10-21(11-9-19)25(33)34/h5-7,19,21,35H,8-11,13,15-16H2,1-4H3,(H,29,32)(H,33,34)/t19-,21-. The second kappa shape index (κ2) is 11.3. The van der Waals surface area contributed by atoms with Gasteiger partial charge in [0.2, 0.25) is 5.28 Å². The number of benzene rings is 1. The Morgan fingerprint density at radius 3 is 2.54 bits per heavy atom. The molecule has 2 aromatic rings. The van der Waals surface area contributed by atoms with Gasteiger partial charge in [-0.05, 0) is 99.9 Å². The summed E-state index contributed by atoms with van der Waals surface area (Å²) in [6, 6.07) is 6.14. The Labute approximate surface area is 211 Å². The molecule has 0 unspecified atom stereocenters. The van der Waals surface area contributed by atoms with Gasteiger partial charge in [-0.15, -0.1) is 0 Å². The SMILES string of the molecule is Cc1cccc(CCn2c(Cl)nc(C#CC(C)(C)O)c2C(=O)NC[C@H]2CC[C@H](C(=O)O)CC2)c1C. The van der Waals surface area contributed by atoms with Crippen molar-refractivity contribution in [2.45, 2.75) is 71.9 Å². The molecule has 0 atom stereocenters. The summed E-state index contributed by atoms with van der Waals surface area (Å²) in [5.74, 6) is 4.40. The van der Waals surface area contributed by atoms with E-state index in [9.17, 15) is 19.8 Å². The van der Waals surface area contributed by atoms with Crippen LogP contribution in [-0.4, -0.2) is 43.8 Å². The summed E-state index contributed by atoms with van der Waals surface area (Å²) in [7, 11) is 0. The van der Waals surface area contributed by atoms with Crippen LogP contribution in [0.15, 0.2) is 18.2 Å². The molecule has 0 saturated heterocycles. The molecule has 7 nitrogen and oxygen atoms in total.